The van der Waals surface area contributed by atoms with E-state index in [0.717, 1.165) is 22.4 Å². The zero-order chi connectivity index (χ0) is 23.3. The van der Waals surface area contributed by atoms with Crippen LogP contribution in [-0.4, -0.2) is 27.8 Å². The highest BCUT2D eigenvalue weighted by molar-refractivity contribution is 6.01. The van der Waals surface area contributed by atoms with Crippen molar-refractivity contribution in [2.45, 2.75) is 6.04 Å². The number of hydrogen-bond donors (Lipinski definition) is 2. The third kappa shape index (κ3) is 4.45. The van der Waals surface area contributed by atoms with Crippen molar-refractivity contribution in [1.29, 1.82) is 0 Å². The second kappa shape index (κ2) is 9.46. The van der Waals surface area contributed by atoms with Gasteiger partial charge in [0, 0.05) is 17.3 Å². The van der Waals surface area contributed by atoms with Crippen LogP contribution in [0.5, 0.6) is 5.75 Å². The quantitative estimate of drug-likeness (QED) is 0.405. The Labute approximate surface area is 197 Å². The smallest absolute Gasteiger partial charge is 0.250 e. The predicted molar refractivity (Wildman–Crippen MR) is 133 cm³/mol. The summed E-state index contributed by atoms with van der Waals surface area (Å²) in [6, 6.07) is 27.4. The fraction of sp³-hybridized carbons (Fsp3) is 0.0741. The van der Waals surface area contributed by atoms with Gasteiger partial charge in [0.05, 0.1) is 7.11 Å². The van der Waals surface area contributed by atoms with Crippen molar-refractivity contribution >= 4 is 29.6 Å². The van der Waals surface area contributed by atoms with Gasteiger partial charge in [-0.15, -0.1) is 5.10 Å². The number of nitrogens with one attached hydrogen (secondary N) is 2. The summed E-state index contributed by atoms with van der Waals surface area (Å²) in [5.74, 6) is 1.14. The van der Waals surface area contributed by atoms with Gasteiger partial charge in [-0.25, -0.2) is 4.68 Å². The van der Waals surface area contributed by atoms with Gasteiger partial charge in [-0.2, -0.15) is 4.98 Å². The molecule has 0 saturated heterocycles. The van der Waals surface area contributed by atoms with Crippen molar-refractivity contribution in [3.8, 4) is 5.75 Å². The number of carbonyl (C=O) groups is 1. The third-order valence-corrected chi connectivity index (χ3v) is 5.48. The molecule has 2 N–H and O–H groups in total. The van der Waals surface area contributed by atoms with Crippen LogP contribution >= 0.6 is 0 Å². The summed E-state index contributed by atoms with van der Waals surface area (Å²) in [6.07, 6.45) is 5.25. The van der Waals surface area contributed by atoms with Crippen LogP contribution < -0.4 is 15.4 Å². The zero-order valence-electron chi connectivity index (χ0n) is 18.6. The van der Waals surface area contributed by atoms with Gasteiger partial charge < -0.3 is 10.1 Å². The monoisotopic (exact) mass is 449 g/mol. The summed E-state index contributed by atoms with van der Waals surface area (Å²) in [4.78, 5) is 17.1. The largest absolute Gasteiger partial charge is 0.496 e. The number of aromatic nitrogens is 3. The van der Waals surface area contributed by atoms with E-state index in [1.165, 1.54) is 6.08 Å². The highest BCUT2D eigenvalue weighted by atomic mass is 16.5. The minimum atomic E-state index is -0.332. The first-order valence-electron chi connectivity index (χ1n) is 10.9. The number of nitrogens with zero attached hydrogens (tertiary/aromatic N) is 3. The molecular weight excluding hydrogens is 426 g/mol. The number of amides is 1. The molecule has 0 fully saturated rings. The number of benzene rings is 3. The molecule has 0 bridgehead atoms. The van der Waals surface area contributed by atoms with Gasteiger partial charge in [0.1, 0.15) is 11.8 Å². The van der Waals surface area contributed by atoms with Crippen LogP contribution in [-0.2, 0) is 4.79 Å². The number of ether oxygens (including phenoxy) is 1. The van der Waals surface area contributed by atoms with Crippen molar-refractivity contribution in [1.82, 2.24) is 14.8 Å². The molecule has 1 aliphatic heterocycles. The SMILES string of the molecule is COc1ccccc1/C=C/C(=O)Nc1nc2n(n1)C(c1ccccc1)C=C(c1ccccc1)N2. The van der Waals surface area contributed by atoms with Crippen molar-refractivity contribution in [3.63, 3.8) is 0 Å². The Morgan fingerprint density at radius 2 is 1.71 bits per heavy atom. The van der Waals surface area contributed by atoms with E-state index in [4.69, 9.17) is 4.74 Å². The lowest BCUT2D eigenvalue weighted by atomic mass is 10.0. The predicted octanol–water partition coefficient (Wildman–Crippen LogP) is 4.99. The molecule has 1 unspecified atom stereocenters. The minimum Gasteiger partial charge on any atom is -0.496 e. The van der Waals surface area contributed by atoms with Gasteiger partial charge in [-0.05, 0) is 29.3 Å². The lowest BCUT2D eigenvalue weighted by Crippen LogP contribution is -2.20. The zero-order valence-corrected chi connectivity index (χ0v) is 18.6. The van der Waals surface area contributed by atoms with Gasteiger partial charge in [0.15, 0.2) is 0 Å². The molecule has 1 amide bonds. The summed E-state index contributed by atoms with van der Waals surface area (Å²) in [7, 11) is 1.60. The first-order chi connectivity index (χ1) is 16.7. The van der Waals surface area contributed by atoms with E-state index in [0.29, 0.717) is 11.7 Å². The molecule has 7 nitrogen and oxygen atoms in total. The van der Waals surface area contributed by atoms with Crippen molar-refractivity contribution in [2.75, 3.05) is 17.7 Å². The molecule has 34 heavy (non-hydrogen) atoms. The summed E-state index contributed by atoms with van der Waals surface area (Å²) >= 11 is 0. The van der Waals surface area contributed by atoms with E-state index in [1.54, 1.807) is 17.9 Å². The van der Waals surface area contributed by atoms with Gasteiger partial charge in [-0.1, -0.05) is 78.9 Å². The maximum Gasteiger partial charge on any atom is 0.250 e. The number of anilines is 2. The second-order valence-electron chi connectivity index (χ2n) is 7.70. The summed E-state index contributed by atoms with van der Waals surface area (Å²) in [6.45, 7) is 0. The average molecular weight is 450 g/mol. The maximum atomic E-state index is 12.6. The van der Waals surface area contributed by atoms with Crippen LogP contribution in [0.4, 0.5) is 11.9 Å². The minimum absolute atomic E-state index is 0.171. The molecule has 4 aromatic rings. The van der Waals surface area contributed by atoms with Crippen LogP contribution in [0.1, 0.15) is 22.7 Å². The molecule has 168 valence electrons. The summed E-state index contributed by atoms with van der Waals surface area (Å²) in [5.41, 5.74) is 3.85. The van der Waals surface area contributed by atoms with E-state index >= 15 is 0 Å². The molecule has 1 aliphatic rings. The van der Waals surface area contributed by atoms with E-state index in [2.05, 4.69) is 38.9 Å². The lowest BCUT2D eigenvalue weighted by molar-refractivity contribution is -0.111. The standard InChI is InChI=1S/C27H23N5O2/c1-34-24-15-9-8-14-21(24)16-17-25(33)29-26-30-27-28-22(19-10-4-2-5-11-19)18-23(32(27)31-26)20-12-6-3-7-13-20/h2-18,23H,1H3,(H2,28,29,30,31,33)/b17-16+. The van der Waals surface area contributed by atoms with Crippen LogP contribution in [0, 0.1) is 0 Å². The number of methoxy groups -OCH3 is 1. The van der Waals surface area contributed by atoms with E-state index < -0.39 is 0 Å². The van der Waals surface area contributed by atoms with Crippen molar-refractivity contribution in [3.05, 3.63) is 114 Å². The number of fused-ring (bicyclic) bond motifs is 1. The molecule has 1 atom stereocenters. The molecule has 0 spiro atoms. The number of para-hydroxylation sites is 1. The number of rotatable bonds is 6. The Hall–Kier alpha value is -4.65. The van der Waals surface area contributed by atoms with E-state index in [9.17, 15) is 4.79 Å². The first kappa shape index (κ1) is 21.2. The Morgan fingerprint density at radius 3 is 2.47 bits per heavy atom. The lowest BCUT2D eigenvalue weighted by Gasteiger charge is -2.24. The first-order valence-corrected chi connectivity index (χ1v) is 10.9. The Balaban J connectivity index is 1.41. The number of carbonyl (C=O) groups excluding carboxylic acids is 1. The fourth-order valence-corrected chi connectivity index (χ4v) is 3.84. The van der Waals surface area contributed by atoms with E-state index in [1.807, 2.05) is 72.8 Å². The van der Waals surface area contributed by atoms with Crippen LogP contribution in [0.3, 0.4) is 0 Å². The number of hydrogen-bond acceptors (Lipinski definition) is 5. The molecule has 0 saturated carbocycles. The molecule has 5 rings (SSSR count). The van der Waals surface area contributed by atoms with Gasteiger partial charge in [-0.3, -0.25) is 10.1 Å². The van der Waals surface area contributed by atoms with Gasteiger partial charge in [0.25, 0.3) is 11.9 Å². The molecular formula is C27H23N5O2. The fourth-order valence-electron chi connectivity index (χ4n) is 3.84. The topological polar surface area (TPSA) is 81.1 Å². The van der Waals surface area contributed by atoms with Crippen LogP contribution in [0.25, 0.3) is 11.8 Å². The van der Waals surface area contributed by atoms with Gasteiger partial charge >= 0.3 is 0 Å². The summed E-state index contributed by atoms with van der Waals surface area (Å²) in [5, 5.41) is 10.7. The summed E-state index contributed by atoms with van der Waals surface area (Å²) < 4.78 is 7.11. The second-order valence-corrected chi connectivity index (χ2v) is 7.70. The van der Waals surface area contributed by atoms with Crippen LogP contribution in [0.15, 0.2) is 97.1 Å². The highest BCUT2D eigenvalue weighted by Crippen LogP contribution is 2.33. The van der Waals surface area contributed by atoms with Crippen molar-refractivity contribution in [2.24, 2.45) is 0 Å². The van der Waals surface area contributed by atoms with Gasteiger partial charge in [0.2, 0.25) is 5.95 Å². The third-order valence-electron chi connectivity index (χ3n) is 5.48. The molecule has 2 heterocycles. The molecule has 0 aliphatic carbocycles. The molecule has 1 aromatic heterocycles. The normalized spacial score (nSPS) is 14.7. The molecule has 3 aromatic carbocycles. The van der Waals surface area contributed by atoms with Crippen LogP contribution in [0.2, 0.25) is 0 Å². The van der Waals surface area contributed by atoms with E-state index in [-0.39, 0.29) is 17.9 Å². The highest BCUT2D eigenvalue weighted by Gasteiger charge is 2.25. The Bertz CT molecular complexity index is 1360. The molecule has 7 heteroatoms. The molecule has 0 radical (unpaired) electrons. The van der Waals surface area contributed by atoms with Crippen molar-refractivity contribution < 1.29 is 9.53 Å². The number of allylic oxidation sites excluding steroid dienone is 1. The maximum absolute atomic E-state index is 12.6. The Kier molecular flexibility index (Phi) is 5.90. The average Bonchev–Trinajstić information content (AvgIpc) is 3.30. The Morgan fingerprint density at radius 1 is 1.00 bits per heavy atom.